The molecule has 1 aliphatic rings. The first-order valence-electron chi connectivity index (χ1n) is 6.73. The maximum absolute atomic E-state index is 12.5. The lowest BCUT2D eigenvalue weighted by molar-refractivity contribution is -0.143. The number of ether oxygens (including phenoxy) is 1. The number of anilines is 2. The quantitative estimate of drug-likeness (QED) is 0.834. The van der Waals surface area contributed by atoms with Crippen molar-refractivity contribution in [3.63, 3.8) is 0 Å². The zero-order chi connectivity index (χ0) is 15.9. The summed E-state index contributed by atoms with van der Waals surface area (Å²) in [6.45, 7) is 5.25. The molecule has 1 atom stereocenters. The van der Waals surface area contributed by atoms with Crippen molar-refractivity contribution < 1.29 is 14.3 Å². The van der Waals surface area contributed by atoms with Crippen molar-refractivity contribution >= 4 is 34.0 Å². The molecular weight excluding hydrogens is 302 g/mol. The van der Waals surface area contributed by atoms with E-state index in [0.717, 1.165) is 10.4 Å². The van der Waals surface area contributed by atoms with E-state index >= 15 is 0 Å². The third-order valence-electron chi connectivity index (χ3n) is 3.41. The molecule has 0 fully saturated rings. The first-order valence-corrected chi connectivity index (χ1v) is 7.55. The van der Waals surface area contributed by atoms with E-state index in [4.69, 9.17) is 4.74 Å². The van der Waals surface area contributed by atoms with E-state index in [1.165, 1.54) is 18.3 Å². The van der Waals surface area contributed by atoms with E-state index in [-0.39, 0.29) is 0 Å². The molecular formula is C15H15N3O3S. The third-order valence-corrected chi connectivity index (χ3v) is 4.23. The average Bonchev–Trinajstić information content (AvgIpc) is 2.86. The molecule has 0 aliphatic carbocycles. The molecule has 2 amide bonds. The molecule has 3 rings (SSSR count). The number of thiazole rings is 1. The van der Waals surface area contributed by atoms with Gasteiger partial charge in [0.15, 0.2) is 5.13 Å². The van der Waals surface area contributed by atoms with Crippen LogP contribution in [0.3, 0.4) is 0 Å². The molecule has 22 heavy (non-hydrogen) atoms. The maximum atomic E-state index is 12.5. The Balaban J connectivity index is 1.87. The summed E-state index contributed by atoms with van der Waals surface area (Å²) < 4.78 is 5.68. The molecule has 0 spiro atoms. The van der Waals surface area contributed by atoms with Gasteiger partial charge in [-0.05, 0) is 38.5 Å². The van der Waals surface area contributed by atoms with Crippen molar-refractivity contribution in [3.8, 4) is 5.75 Å². The van der Waals surface area contributed by atoms with Gasteiger partial charge in [0.05, 0.1) is 5.69 Å². The number of nitrogens with zero attached hydrogens (tertiary/aromatic N) is 1. The Bertz CT molecular complexity index is 771. The second-order valence-corrected chi connectivity index (χ2v) is 6.55. The molecule has 1 aromatic carbocycles. The number of benzene rings is 1. The average molecular weight is 317 g/mol. The number of nitrogens with one attached hydrogen (secondary N) is 2. The zero-order valence-electron chi connectivity index (χ0n) is 12.4. The Labute approximate surface area is 131 Å². The fraction of sp³-hybridized carbons (Fsp3) is 0.267. The molecule has 6 nitrogen and oxygen atoms in total. The van der Waals surface area contributed by atoms with Crippen molar-refractivity contribution in [2.45, 2.75) is 26.4 Å². The van der Waals surface area contributed by atoms with Crippen LogP contribution >= 0.6 is 11.3 Å². The minimum atomic E-state index is -1.64. The van der Waals surface area contributed by atoms with Gasteiger partial charge in [-0.15, -0.1) is 11.3 Å². The second-order valence-electron chi connectivity index (χ2n) is 5.32. The number of aryl methyl sites for hydroxylation is 2. The number of fused-ring (bicyclic) bond motifs is 1. The Morgan fingerprint density at radius 3 is 2.86 bits per heavy atom. The minimum absolute atomic E-state index is 0.440. The van der Waals surface area contributed by atoms with E-state index < -0.39 is 17.4 Å². The lowest BCUT2D eigenvalue weighted by atomic mass is 10.0. The topological polar surface area (TPSA) is 80.3 Å². The largest absolute Gasteiger partial charge is 0.466 e. The number of hydrogen-bond donors (Lipinski definition) is 2. The predicted octanol–water partition coefficient (Wildman–Crippen LogP) is 2.49. The number of carbonyl (C=O) groups excluding carboxylic acids is 2. The van der Waals surface area contributed by atoms with Crippen LogP contribution < -0.4 is 15.4 Å². The van der Waals surface area contributed by atoms with Gasteiger partial charge in [0.1, 0.15) is 5.75 Å². The van der Waals surface area contributed by atoms with Crippen LogP contribution in [0.1, 0.15) is 17.4 Å². The molecule has 2 heterocycles. The zero-order valence-corrected chi connectivity index (χ0v) is 13.2. The molecule has 2 N–H and O–H groups in total. The molecule has 1 aliphatic heterocycles. The first-order chi connectivity index (χ1) is 10.4. The first kappa shape index (κ1) is 14.5. The summed E-state index contributed by atoms with van der Waals surface area (Å²) in [4.78, 5) is 29.8. The highest BCUT2D eigenvalue weighted by molar-refractivity contribution is 7.15. The Kier molecular flexibility index (Phi) is 3.37. The molecule has 0 radical (unpaired) electrons. The van der Waals surface area contributed by atoms with Gasteiger partial charge in [0.2, 0.25) is 0 Å². The minimum Gasteiger partial charge on any atom is -0.466 e. The van der Waals surface area contributed by atoms with Crippen molar-refractivity contribution in [1.82, 2.24) is 4.98 Å². The molecule has 114 valence electrons. The highest BCUT2D eigenvalue weighted by Gasteiger charge is 2.47. The van der Waals surface area contributed by atoms with Crippen LogP contribution in [0.2, 0.25) is 0 Å². The van der Waals surface area contributed by atoms with E-state index in [0.29, 0.717) is 16.6 Å². The SMILES string of the molecule is Cc1ccc2c(c1)NC(=O)C(C)(C(=O)Nc1ncc(C)s1)O2. The number of aromatic nitrogens is 1. The summed E-state index contributed by atoms with van der Waals surface area (Å²) in [5.41, 5.74) is -0.0729. The van der Waals surface area contributed by atoms with Gasteiger partial charge >= 0.3 is 0 Å². The second kappa shape index (κ2) is 5.10. The summed E-state index contributed by atoms with van der Waals surface area (Å²) >= 11 is 1.34. The molecule has 0 saturated heterocycles. The van der Waals surface area contributed by atoms with Crippen molar-refractivity contribution in [2.24, 2.45) is 0 Å². The molecule has 1 aromatic heterocycles. The highest BCUT2D eigenvalue weighted by atomic mass is 32.1. The molecule has 7 heteroatoms. The van der Waals surface area contributed by atoms with Crippen molar-refractivity contribution in [1.29, 1.82) is 0 Å². The number of amides is 2. The molecule has 1 unspecified atom stereocenters. The third kappa shape index (κ3) is 2.43. The lowest BCUT2D eigenvalue weighted by Crippen LogP contribution is -2.56. The maximum Gasteiger partial charge on any atom is 0.280 e. The fourth-order valence-electron chi connectivity index (χ4n) is 2.12. The normalized spacial score (nSPS) is 19.9. The molecule has 2 aromatic rings. The van der Waals surface area contributed by atoms with Gasteiger partial charge in [-0.2, -0.15) is 0 Å². The fourth-order valence-corrected chi connectivity index (χ4v) is 2.78. The monoisotopic (exact) mass is 317 g/mol. The van der Waals surface area contributed by atoms with Crippen LogP contribution in [0.25, 0.3) is 0 Å². The number of carbonyl (C=O) groups is 2. The summed E-state index contributed by atoms with van der Waals surface area (Å²) in [5.74, 6) is -0.583. The summed E-state index contributed by atoms with van der Waals surface area (Å²) in [7, 11) is 0. The number of rotatable bonds is 2. The standard InChI is InChI=1S/C15H15N3O3S/c1-8-4-5-11-10(6-8)17-12(19)15(3,21-11)13(20)18-14-16-7-9(2)22-14/h4-7H,1-3H3,(H,17,19)(H,16,18,20). The van der Waals surface area contributed by atoms with Crippen LogP contribution in [0.4, 0.5) is 10.8 Å². The van der Waals surface area contributed by atoms with Crippen LogP contribution in [0.15, 0.2) is 24.4 Å². The van der Waals surface area contributed by atoms with Gasteiger partial charge < -0.3 is 10.1 Å². The summed E-state index contributed by atoms with van der Waals surface area (Å²) in [5, 5.41) is 5.79. The van der Waals surface area contributed by atoms with E-state index in [2.05, 4.69) is 15.6 Å². The van der Waals surface area contributed by atoms with Gasteiger partial charge in [-0.1, -0.05) is 6.07 Å². The van der Waals surface area contributed by atoms with E-state index in [1.54, 1.807) is 18.3 Å². The Morgan fingerprint density at radius 1 is 1.41 bits per heavy atom. The van der Waals surface area contributed by atoms with Gasteiger partial charge in [-0.3, -0.25) is 14.9 Å². The number of hydrogen-bond acceptors (Lipinski definition) is 5. The van der Waals surface area contributed by atoms with E-state index in [9.17, 15) is 9.59 Å². The smallest absolute Gasteiger partial charge is 0.280 e. The van der Waals surface area contributed by atoms with Crippen molar-refractivity contribution in [3.05, 3.63) is 34.8 Å². The summed E-state index contributed by atoms with van der Waals surface area (Å²) in [6.07, 6.45) is 1.66. The predicted molar refractivity (Wildman–Crippen MR) is 84.3 cm³/mol. The Morgan fingerprint density at radius 2 is 2.18 bits per heavy atom. The Hall–Kier alpha value is -2.41. The van der Waals surface area contributed by atoms with Gasteiger partial charge in [0.25, 0.3) is 17.4 Å². The molecule has 0 bridgehead atoms. The summed E-state index contributed by atoms with van der Waals surface area (Å²) in [6, 6.07) is 5.40. The van der Waals surface area contributed by atoms with Crippen LogP contribution in [-0.4, -0.2) is 22.4 Å². The van der Waals surface area contributed by atoms with Crippen LogP contribution in [0.5, 0.6) is 5.75 Å². The van der Waals surface area contributed by atoms with E-state index in [1.807, 2.05) is 19.9 Å². The molecule has 0 saturated carbocycles. The lowest BCUT2D eigenvalue weighted by Gasteiger charge is -2.33. The van der Waals surface area contributed by atoms with Gasteiger partial charge in [0, 0.05) is 11.1 Å². The highest BCUT2D eigenvalue weighted by Crippen LogP contribution is 2.35. The van der Waals surface area contributed by atoms with Crippen LogP contribution in [0, 0.1) is 13.8 Å². The van der Waals surface area contributed by atoms with Gasteiger partial charge in [-0.25, -0.2) is 4.98 Å². The van der Waals surface area contributed by atoms with Crippen molar-refractivity contribution in [2.75, 3.05) is 10.6 Å². The van der Waals surface area contributed by atoms with Crippen LogP contribution in [-0.2, 0) is 9.59 Å².